The summed E-state index contributed by atoms with van der Waals surface area (Å²) >= 11 is 5.78. The van der Waals surface area contributed by atoms with Crippen LogP contribution in [-0.2, 0) is 13.2 Å². The summed E-state index contributed by atoms with van der Waals surface area (Å²) in [6, 6.07) is 8.85. The number of aryl methyl sites for hydroxylation is 2. The molecule has 0 unspecified atom stereocenters. The lowest BCUT2D eigenvalue weighted by Gasteiger charge is -2.14. The summed E-state index contributed by atoms with van der Waals surface area (Å²) in [6.45, 7) is 5.25. The molecule has 0 saturated carbocycles. The Morgan fingerprint density at radius 3 is 2.33 bits per heavy atom. The Balaban J connectivity index is 2.14. The molecule has 0 heterocycles. The zero-order valence-corrected chi connectivity index (χ0v) is 13.2. The number of hydrogen-bond donors (Lipinski definition) is 1. The summed E-state index contributed by atoms with van der Waals surface area (Å²) in [4.78, 5) is 0. The largest absolute Gasteiger partial charge is 0.488 e. The van der Waals surface area contributed by atoms with E-state index in [1.807, 2.05) is 20.9 Å². The molecule has 0 aliphatic heterocycles. The molecule has 0 amide bonds. The van der Waals surface area contributed by atoms with Crippen molar-refractivity contribution >= 4 is 11.6 Å². The molecule has 112 valence electrons. The van der Waals surface area contributed by atoms with Gasteiger partial charge in [0.15, 0.2) is 0 Å². The van der Waals surface area contributed by atoms with E-state index < -0.39 is 5.82 Å². The summed E-state index contributed by atoms with van der Waals surface area (Å²) < 4.78 is 19.0. The van der Waals surface area contributed by atoms with Crippen LogP contribution in [0.25, 0.3) is 0 Å². The zero-order valence-electron chi connectivity index (χ0n) is 12.5. The van der Waals surface area contributed by atoms with Crippen molar-refractivity contribution in [1.82, 2.24) is 5.32 Å². The molecule has 2 rings (SSSR count). The van der Waals surface area contributed by atoms with Gasteiger partial charge in [-0.3, -0.25) is 0 Å². The topological polar surface area (TPSA) is 21.3 Å². The van der Waals surface area contributed by atoms with Gasteiger partial charge in [-0.05, 0) is 55.3 Å². The minimum absolute atomic E-state index is 0.119. The number of hydrogen-bond acceptors (Lipinski definition) is 2. The van der Waals surface area contributed by atoms with Crippen LogP contribution in [0.1, 0.15) is 22.3 Å². The second kappa shape index (κ2) is 6.92. The van der Waals surface area contributed by atoms with Crippen molar-refractivity contribution in [2.75, 3.05) is 7.05 Å². The van der Waals surface area contributed by atoms with Gasteiger partial charge in [-0.15, -0.1) is 0 Å². The average molecular weight is 308 g/mol. The van der Waals surface area contributed by atoms with E-state index >= 15 is 0 Å². The number of ether oxygens (including phenoxy) is 1. The van der Waals surface area contributed by atoms with E-state index in [1.54, 1.807) is 12.1 Å². The SMILES string of the molecule is CNCc1cc(C)c(OCc2ccc(F)c(Cl)c2)c(C)c1. The molecule has 0 spiro atoms. The lowest BCUT2D eigenvalue weighted by atomic mass is 10.1. The lowest BCUT2D eigenvalue weighted by Crippen LogP contribution is -2.06. The maximum absolute atomic E-state index is 13.1. The summed E-state index contributed by atoms with van der Waals surface area (Å²) in [6.07, 6.45) is 0. The molecule has 0 aliphatic carbocycles. The maximum Gasteiger partial charge on any atom is 0.141 e. The van der Waals surface area contributed by atoms with Crippen LogP contribution in [0.15, 0.2) is 30.3 Å². The van der Waals surface area contributed by atoms with Crippen molar-refractivity contribution in [3.63, 3.8) is 0 Å². The van der Waals surface area contributed by atoms with Crippen LogP contribution in [-0.4, -0.2) is 7.05 Å². The molecule has 0 aliphatic rings. The predicted molar refractivity (Wildman–Crippen MR) is 84.4 cm³/mol. The highest BCUT2D eigenvalue weighted by molar-refractivity contribution is 6.30. The molecule has 2 aromatic rings. The van der Waals surface area contributed by atoms with E-state index in [-0.39, 0.29) is 5.02 Å². The summed E-state index contributed by atoms with van der Waals surface area (Å²) in [5.41, 5.74) is 4.26. The molecule has 0 fully saturated rings. The van der Waals surface area contributed by atoms with Crippen molar-refractivity contribution in [1.29, 1.82) is 0 Å². The molecule has 21 heavy (non-hydrogen) atoms. The second-order valence-electron chi connectivity index (χ2n) is 5.13. The summed E-state index contributed by atoms with van der Waals surface area (Å²) in [7, 11) is 1.92. The highest BCUT2D eigenvalue weighted by atomic mass is 35.5. The monoisotopic (exact) mass is 307 g/mol. The fourth-order valence-electron chi connectivity index (χ4n) is 2.36. The van der Waals surface area contributed by atoms with E-state index in [1.165, 1.54) is 11.6 Å². The van der Waals surface area contributed by atoms with Gasteiger partial charge >= 0.3 is 0 Å². The number of benzene rings is 2. The minimum atomic E-state index is -0.413. The van der Waals surface area contributed by atoms with Crippen LogP contribution < -0.4 is 10.1 Å². The molecule has 0 radical (unpaired) electrons. The standard InChI is InChI=1S/C17H19ClFNO/c1-11-6-14(9-20-3)7-12(2)17(11)21-10-13-4-5-16(19)15(18)8-13/h4-8,20H,9-10H2,1-3H3. The Morgan fingerprint density at radius 2 is 1.76 bits per heavy atom. The number of nitrogens with one attached hydrogen (secondary N) is 1. The van der Waals surface area contributed by atoms with Crippen LogP contribution in [0.2, 0.25) is 5.02 Å². The number of rotatable bonds is 5. The molecular weight excluding hydrogens is 289 g/mol. The third-order valence-electron chi connectivity index (χ3n) is 3.27. The van der Waals surface area contributed by atoms with Crippen molar-refractivity contribution in [2.45, 2.75) is 27.0 Å². The average Bonchev–Trinajstić information content (AvgIpc) is 2.42. The molecule has 2 nitrogen and oxygen atoms in total. The van der Waals surface area contributed by atoms with Crippen molar-refractivity contribution in [2.24, 2.45) is 0 Å². The summed E-state index contributed by atoms with van der Waals surface area (Å²) in [5.74, 6) is 0.458. The first-order valence-corrected chi connectivity index (χ1v) is 7.20. The zero-order chi connectivity index (χ0) is 15.4. The molecule has 1 N–H and O–H groups in total. The van der Waals surface area contributed by atoms with Crippen molar-refractivity contribution < 1.29 is 9.13 Å². The van der Waals surface area contributed by atoms with Crippen LogP contribution in [0.5, 0.6) is 5.75 Å². The molecular formula is C17H19ClFNO. The highest BCUT2D eigenvalue weighted by Crippen LogP contribution is 2.26. The van der Waals surface area contributed by atoms with Gasteiger partial charge < -0.3 is 10.1 Å². The van der Waals surface area contributed by atoms with Crippen LogP contribution in [0.3, 0.4) is 0 Å². The Hall–Kier alpha value is -1.58. The third kappa shape index (κ3) is 3.96. The number of halogens is 2. The quantitative estimate of drug-likeness (QED) is 0.884. The van der Waals surface area contributed by atoms with Gasteiger partial charge in [0.25, 0.3) is 0 Å². The second-order valence-corrected chi connectivity index (χ2v) is 5.53. The van der Waals surface area contributed by atoms with Gasteiger partial charge in [-0.1, -0.05) is 29.8 Å². The molecule has 0 saturated heterocycles. The van der Waals surface area contributed by atoms with E-state index in [2.05, 4.69) is 17.4 Å². The molecule has 0 atom stereocenters. The Morgan fingerprint density at radius 1 is 1.10 bits per heavy atom. The van der Waals surface area contributed by atoms with Gasteiger partial charge in [0.1, 0.15) is 18.2 Å². The Kier molecular flexibility index (Phi) is 5.21. The van der Waals surface area contributed by atoms with Crippen LogP contribution >= 0.6 is 11.6 Å². The first-order valence-electron chi connectivity index (χ1n) is 6.82. The minimum Gasteiger partial charge on any atom is -0.488 e. The maximum atomic E-state index is 13.1. The highest BCUT2D eigenvalue weighted by Gasteiger charge is 2.08. The van der Waals surface area contributed by atoms with Crippen molar-refractivity contribution in [3.8, 4) is 5.75 Å². The first kappa shape index (κ1) is 15.8. The van der Waals surface area contributed by atoms with Gasteiger partial charge in [-0.2, -0.15) is 0 Å². The van der Waals surface area contributed by atoms with Crippen LogP contribution in [0, 0.1) is 19.7 Å². The fraction of sp³-hybridized carbons (Fsp3) is 0.294. The smallest absolute Gasteiger partial charge is 0.141 e. The summed E-state index contributed by atoms with van der Waals surface area (Å²) in [5, 5.41) is 3.26. The normalized spacial score (nSPS) is 10.7. The predicted octanol–water partition coefficient (Wildman–Crippen LogP) is 4.39. The fourth-order valence-corrected chi connectivity index (χ4v) is 2.56. The van der Waals surface area contributed by atoms with E-state index in [9.17, 15) is 4.39 Å². The lowest BCUT2D eigenvalue weighted by molar-refractivity contribution is 0.301. The molecule has 4 heteroatoms. The molecule has 2 aromatic carbocycles. The molecule has 0 aromatic heterocycles. The third-order valence-corrected chi connectivity index (χ3v) is 3.56. The Labute approximate surface area is 129 Å². The van der Waals surface area contributed by atoms with Gasteiger partial charge in [-0.25, -0.2) is 4.39 Å². The van der Waals surface area contributed by atoms with Gasteiger partial charge in [0.2, 0.25) is 0 Å². The Bertz CT molecular complexity index is 620. The van der Waals surface area contributed by atoms with Gasteiger partial charge in [0, 0.05) is 6.54 Å². The van der Waals surface area contributed by atoms with E-state index in [4.69, 9.17) is 16.3 Å². The first-order chi connectivity index (χ1) is 10.0. The van der Waals surface area contributed by atoms with Crippen molar-refractivity contribution in [3.05, 3.63) is 63.4 Å². The van der Waals surface area contributed by atoms with Crippen LogP contribution in [0.4, 0.5) is 4.39 Å². The van der Waals surface area contributed by atoms with E-state index in [0.29, 0.717) is 6.61 Å². The van der Waals surface area contributed by atoms with E-state index in [0.717, 1.165) is 29.0 Å². The van der Waals surface area contributed by atoms with Gasteiger partial charge in [0.05, 0.1) is 5.02 Å². The molecule has 0 bridgehead atoms.